The van der Waals surface area contributed by atoms with Gasteiger partial charge in [0.2, 0.25) is 0 Å². The van der Waals surface area contributed by atoms with Crippen LogP contribution in [0.2, 0.25) is 0 Å². The highest BCUT2D eigenvalue weighted by molar-refractivity contribution is 7.14. The number of carbonyl (C=O) groups is 1. The number of aromatic nitrogens is 1. The van der Waals surface area contributed by atoms with Crippen molar-refractivity contribution in [3.05, 3.63) is 58.5 Å². The molecule has 2 aromatic carbocycles. The quantitative estimate of drug-likeness (QED) is 0.275. The molecule has 7 nitrogen and oxygen atoms in total. The molecule has 3 aliphatic rings. The number of morpholine rings is 1. The number of hydrogen-bond acceptors (Lipinski definition) is 8. The summed E-state index contributed by atoms with van der Waals surface area (Å²) in [7, 11) is 0. The lowest BCUT2D eigenvalue weighted by atomic mass is 9.87. The molecule has 2 unspecified atom stereocenters. The van der Waals surface area contributed by atoms with Gasteiger partial charge < -0.3 is 23.9 Å². The molecule has 2 aliphatic heterocycles. The molecule has 0 amide bonds. The zero-order valence-corrected chi connectivity index (χ0v) is 24.3. The van der Waals surface area contributed by atoms with E-state index in [4.69, 9.17) is 14.5 Å². The average Bonchev–Trinajstić information content (AvgIpc) is 3.55. The molecule has 3 heterocycles. The number of anilines is 1. The van der Waals surface area contributed by atoms with E-state index in [1.54, 1.807) is 17.4 Å². The number of benzene rings is 2. The third-order valence-electron chi connectivity index (χ3n) is 8.49. The van der Waals surface area contributed by atoms with E-state index < -0.39 is 6.36 Å². The van der Waals surface area contributed by atoms with Gasteiger partial charge in [0, 0.05) is 55.1 Å². The molecule has 0 N–H and O–H groups in total. The number of fused-ring (bicyclic) bond motifs is 2. The third kappa shape index (κ3) is 6.58. The van der Waals surface area contributed by atoms with Gasteiger partial charge in [0.1, 0.15) is 24.4 Å². The van der Waals surface area contributed by atoms with Gasteiger partial charge in [-0.25, -0.2) is 4.98 Å². The van der Waals surface area contributed by atoms with E-state index in [1.165, 1.54) is 6.07 Å². The Morgan fingerprint density at radius 1 is 1.07 bits per heavy atom. The Kier molecular flexibility index (Phi) is 8.42. The van der Waals surface area contributed by atoms with E-state index in [9.17, 15) is 18.0 Å². The van der Waals surface area contributed by atoms with Gasteiger partial charge in [-0.15, -0.1) is 24.5 Å². The first-order valence-corrected chi connectivity index (χ1v) is 15.2. The van der Waals surface area contributed by atoms with E-state index in [-0.39, 0.29) is 18.3 Å². The molecule has 0 radical (unpaired) electrons. The summed E-state index contributed by atoms with van der Waals surface area (Å²) in [5.41, 5.74) is 3.59. The van der Waals surface area contributed by atoms with Crippen LogP contribution in [-0.4, -0.2) is 61.9 Å². The molecule has 1 aliphatic carbocycles. The number of piperidine rings is 1. The van der Waals surface area contributed by atoms with Crippen molar-refractivity contribution in [2.45, 2.75) is 39.3 Å². The number of carbonyl (C=O) groups excluding carboxylic acids is 1. The lowest BCUT2D eigenvalue weighted by Gasteiger charge is -2.35. The summed E-state index contributed by atoms with van der Waals surface area (Å²) >= 11 is 1.56. The van der Waals surface area contributed by atoms with Crippen LogP contribution in [0.3, 0.4) is 0 Å². The molecule has 2 bridgehead atoms. The third-order valence-corrected chi connectivity index (χ3v) is 9.39. The van der Waals surface area contributed by atoms with Crippen molar-refractivity contribution in [3.63, 3.8) is 0 Å². The zero-order chi connectivity index (χ0) is 29.3. The van der Waals surface area contributed by atoms with Crippen molar-refractivity contribution in [2.24, 2.45) is 17.8 Å². The van der Waals surface area contributed by atoms with Crippen LogP contribution in [-0.2, 0) is 22.7 Å². The molecule has 2 atom stereocenters. The summed E-state index contributed by atoms with van der Waals surface area (Å²) in [4.78, 5) is 20.9. The van der Waals surface area contributed by atoms with Crippen LogP contribution in [0.15, 0.2) is 41.8 Å². The summed E-state index contributed by atoms with van der Waals surface area (Å²) in [6.45, 7) is 6.72. The van der Waals surface area contributed by atoms with Gasteiger partial charge in [0.15, 0.2) is 5.13 Å². The van der Waals surface area contributed by atoms with Crippen LogP contribution in [0.1, 0.15) is 29.5 Å². The molecule has 42 heavy (non-hydrogen) atoms. The van der Waals surface area contributed by atoms with Crippen LogP contribution in [0, 0.1) is 24.7 Å². The van der Waals surface area contributed by atoms with Gasteiger partial charge in [0.25, 0.3) is 0 Å². The second-order valence-corrected chi connectivity index (χ2v) is 12.2. The summed E-state index contributed by atoms with van der Waals surface area (Å²) in [6.07, 6.45) is -1.54. The molecule has 11 heteroatoms. The molecule has 3 fully saturated rings. The highest BCUT2D eigenvalue weighted by Gasteiger charge is 2.42. The lowest BCUT2D eigenvalue weighted by Crippen LogP contribution is -2.42. The van der Waals surface area contributed by atoms with E-state index in [0.29, 0.717) is 42.9 Å². The topological polar surface area (TPSA) is 64.1 Å². The Balaban J connectivity index is 1.20. The number of hydrogen-bond donors (Lipinski definition) is 0. The van der Waals surface area contributed by atoms with E-state index in [0.717, 1.165) is 72.8 Å². The van der Waals surface area contributed by atoms with Crippen LogP contribution >= 0.6 is 11.3 Å². The van der Waals surface area contributed by atoms with Crippen LogP contribution in [0.5, 0.6) is 11.5 Å². The van der Waals surface area contributed by atoms with Gasteiger partial charge in [-0.1, -0.05) is 23.8 Å². The number of aldehydes is 1. The molecule has 3 aromatic rings. The van der Waals surface area contributed by atoms with E-state index >= 15 is 0 Å². The van der Waals surface area contributed by atoms with Crippen molar-refractivity contribution in [1.29, 1.82) is 0 Å². The second-order valence-electron chi connectivity index (χ2n) is 11.4. The molecular formula is C31H34F3N3O4S. The summed E-state index contributed by atoms with van der Waals surface area (Å²) in [5.74, 6) is 1.18. The number of rotatable bonds is 9. The SMILES string of the molecule is Cc1ccc(OCc2ccc(CN3CCOCC3)cc2OC(F)(F)F)c(-c2csc(N3CC4CCC(C3)C4C=O)n2)c1. The summed E-state index contributed by atoms with van der Waals surface area (Å²) in [5, 5.41) is 2.90. The predicted molar refractivity (Wildman–Crippen MR) is 154 cm³/mol. The van der Waals surface area contributed by atoms with Crippen LogP contribution < -0.4 is 14.4 Å². The van der Waals surface area contributed by atoms with Gasteiger partial charge in [-0.05, 0) is 55.4 Å². The highest BCUT2D eigenvalue weighted by atomic mass is 32.1. The molecule has 0 spiro atoms. The zero-order valence-electron chi connectivity index (χ0n) is 23.4. The Bertz CT molecular complexity index is 1390. The van der Waals surface area contributed by atoms with Gasteiger partial charge in [-0.3, -0.25) is 4.90 Å². The molecule has 2 saturated heterocycles. The first kappa shape index (κ1) is 28.9. The Morgan fingerprint density at radius 2 is 1.83 bits per heavy atom. The predicted octanol–water partition coefficient (Wildman–Crippen LogP) is 6.09. The number of halogens is 3. The lowest BCUT2D eigenvalue weighted by molar-refractivity contribution is -0.275. The molecule has 1 aromatic heterocycles. The van der Waals surface area contributed by atoms with Crippen molar-refractivity contribution in [3.8, 4) is 22.8 Å². The van der Waals surface area contributed by atoms with Crippen molar-refractivity contribution in [2.75, 3.05) is 44.3 Å². The van der Waals surface area contributed by atoms with E-state index in [2.05, 4.69) is 14.5 Å². The monoisotopic (exact) mass is 601 g/mol. The number of thiazole rings is 1. The summed E-state index contributed by atoms with van der Waals surface area (Å²) in [6, 6.07) is 10.6. The standard InChI is InChI=1S/C31H34F3N3O4S/c1-20-2-7-28(25(12-20)27-19-42-30(35-27)37-15-22-5-6-23(16-37)26(22)17-38)40-18-24-4-3-21(13-29(24)41-31(32,33)34)14-36-8-10-39-11-9-36/h2-4,7,12-13,17,19,22-23,26H,5-6,8-11,14-16,18H2,1H3. The van der Waals surface area contributed by atoms with Crippen LogP contribution in [0.25, 0.3) is 11.3 Å². The number of aryl methyl sites for hydroxylation is 1. The normalized spacial score (nSPS) is 22.8. The Labute approximate surface area is 247 Å². The maximum atomic E-state index is 13.3. The first-order valence-electron chi connectivity index (χ1n) is 14.3. The molecular weight excluding hydrogens is 567 g/mol. The fourth-order valence-corrected chi connectivity index (χ4v) is 7.20. The molecule has 224 valence electrons. The molecule has 6 rings (SSSR count). The fourth-order valence-electron chi connectivity index (χ4n) is 6.36. The van der Waals surface area contributed by atoms with Gasteiger partial charge in [0.05, 0.1) is 18.9 Å². The van der Waals surface area contributed by atoms with Crippen molar-refractivity contribution >= 4 is 22.8 Å². The van der Waals surface area contributed by atoms with Crippen molar-refractivity contribution in [1.82, 2.24) is 9.88 Å². The van der Waals surface area contributed by atoms with Gasteiger partial charge in [-0.2, -0.15) is 0 Å². The minimum Gasteiger partial charge on any atom is -0.488 e. The van der Waals surface area contributed by atoms with E-state index in [1.807, 2.05) is 36.6 Å². The highest BCUT2D eigenvalue weighted by Crippen LogP contribution is 2.43. The fraction of sp³-hybridized carbons (Fsp3) is 0.484. The number of ether oxygens (including phenoxy) is 3. The van der Waals surface area contributed by atoms with Gasteiger partial charge >= 0.3 is 6.36 Å². The second kappa shape index (κ2) is 12.2. The van der Waals surface area contributed by atoms with Crippen LogP contribution in [0.4, 0.5) is 18.3 Å². The number of nitrogens with zero attached hydrogens (tertiary/aromatic N) is 3. The smallest absolute Gasteiger partial charge is 0.488 e. The maximum absolute atomic E-state index is 13.3. The number of alkyl halides is 3. The minimum atomic E-state index is -4.82. The summed E-state index contributed by atoms with van der Waals surface area (Å²) < 4.78 is 56.0. The minimum absolute atomic E-state index is 0.0983. The Morgan fingerprint density at radius 3 is 2.55 bits per heavy atom. The van der Waals surface area contributed by atoms with Crippen molar-refractivity contribution < 1.29 is 32.2 Å². The largest absolute Gasteiger partial charge is 0.573 e. The first-order chi connectivity index (χ1) is 20.3. The maximum Gasteiger partial charge on any atom is 0.573 e. The Hall–Kier alpha value is -3.15. The molecule has 1 saturated carbocycles. The average molecular weight is 602 g/mol.